The molecule has 1 aliphatic rings. The molecule has 7 heteroatoms. The summed E-state index contributed by atoms with van der Waals surface area (Å²) in [6, 6.07) is 18.9. The van der Waals surface area contributed by atoms with E-state index in [0.717, 1.165) is 49.0 Å². The van der Waals surface area contributed by atoms with E-state index in [0.29, 0.717) is 5.82 Å². The van der Waals surface area contributed by atoms with Gasteiger partial charge in [0.2, 0.25) is 5.82 Å². The highest BCUT2D eigenvalue weighted by atomic mass is 32.1. The van der Waals surface area contributed by atoms with Gasteiger partial charge in [0, 0.05) is 13.1 Å². The molecule has 1 fully saturated rings. The number of carbonyl (C=O) groups is 1. The molecule has 3 aromatic rings. The van der Waals surface area contributed by atoms with Crippen LogP contribution in [0.15, 0.2) is 60.7 Å². The number of benzene rings is 2. The number of hydrogen-bond donors (Lipinski definition) is 0. The largest absolute Gasteiger partial charge is 0.425 e. The number of ether oxygens (including phenoxy) is 1. The van der Waals surface area contributed by atoms with Gasteiger partial charge in [-0.05, 0) is 43.5 Å². The predicted molar refractivity (Wildman–Crippen MR) is 107 cm³/mol. The van der Waals surface area contributed by atoms with Crippen LogP contribution in [0.5, 0.6) is 5.88 Å². The van der Waals surface area contributed by atoms with Crippen LogP contribution in [0.1, 0.15) is 19.3 Å². The second-order valence-electron chi connectivity index (χ2n) is 6.32. The topological polar surface area (TPSA) is 58.6 Å². The lowest BCUT2D eigenvalue weighted by Gasteiger charge is -2.27. The Hall–Kier alpha value is -2.93. The Balaban J connectivity index is 1.61. The van der Waals surface area contributed by atoms with Gasteiger partial charge < -0.3 is 9.64 Å². The number of anilines is 3. The van der Waals surface area contributed by atoms with Gasteiger partial charge in [-0.25, -0.2) is 9.69 Å². The van der Waals surface area contributed by atoms with E-state index in [1.165, 1.54) is 6.42 Å². The standard InChI is InChI=1S/C20H20N4O2S/c25-20(26-19-18(21-27-22-19)23-14-8-3-9-15-23)24(16-10-4-1-5-11-16)17-12-6-2-7-13-17/h1-2,4-7,10-13H,3,8-9,14-15H2. The first kappa shape index (κ1) is 17.5. The monoisotopic (exact) mass is 380 g/mol. The van der Waals surface area contributed by atoms with Crippen molar-refractivity contribution in [1.82, 2.24) is 8.75 Å². The number of nitrogens with zero attached hydrogens (tertiary/aromatic N) is 4. The van der Waals surface area contributed by atoms with Crippen LogP contribution in [0.2, 0.25) is 0 Å². The maximum absolute atomic E-state index is 13.1. The molecule has 1 saturated heterocycles. The Morgan fingerprint density at radius 3 is 2.07 bits per heavy atom. The smallest absolute Gasteiger partial charge is 0.385 e. The van der Waals surface area contributed by atoms with Crippen LogP contribution >= 0.6 is 11.7 Å². The van der Waals surface area contributed by atoms with E-state index in [1.54, 1.807) is 4.90 Å². The fraction of sp³-hybridized carbons (Fsp3) is 0.250. The Morgan fingerprint density at radius 2 is 1.48 bits per heavy atom. The normalized spacial score (nSPS) is 14.0. The van der Waals surface area contributed by atoms with E-state index in [4.69, 9.17) is 4.74 Å². The van der Waals surface area contributed by atoms with Crippen LogP contribution in [0, 0.1) is 0 Å². The minimum absolute atomic E-state index is 0.281. The van der Waals surface area contributed by atoms with Crippen molar-refractivity contribution in [1.29, 1.82) is 0 Å². The first-order valence-corrected chi connectivity index (χ1v) is 9.75. The lowest BCUT2D eigenvalue weighted by molar-refractivity contribution is 0.209. The van der Waals surface area contributed by atoms with Crippen LogP contribution in [-0.2, 0) is 0 Å². The molecule has 27 heavy (non-hydrogen) atoms. The molecular weight excluding hydrogens is 360 g/mol. The average molecular weight is 380 g/mol. The molecule has 0 N–H and O–H groups in total. The van der Waals surface area contributed by atoms with Crippen molar-refractivity contribution in [2.24, 2.45) is 0 Å². The molecule has 138 valence electrons. The highest BCUT2D eigenvalue weighted by molar-refractivity contribution is 6.99. The number of para-hydroxylation sites is 2. The Morgan fingerprint density at radius 1 is 0.889 bits per heavy atom. The van der Waals surface area contributed by atoms with Gasteiger partial charge in [0.05, 0.1) is 23.1 Å². The number of hydrogen-bond acceptors (Lipinski definition) is 6. The molecule has 0 unspecified atom stereocenters. The third-order valence-electron chi connectivity index (χ3n) is 4.49. The molecule has 0 aliphatic carbocycles. The molecule has 0 radical (unpaired) electrons. The highest BCUT2D eigenvalue weighted by Crippen LogP contribution is 2.31. The Labute approximate surface area is 162 Å². The number of amides is 1. The number of rotatable bonds is 4. The summed E-state index contributed by atoms with van der Waals surface area (Å²) in [5.74, 6) is 0.942. The minimum Gasteiger partial charge on any atom is -0.385 e. The molecule has 2 aromatic carbocycles. The van der Waals surface area contributed by atoms with Crippen LogP contribution in [-0.4, -0.2) is 27.9 Å². The number of aromatic nitrogens is 2. The minimum atomic E-state index is -0.502. The summed E-state index contributed by atoms with van der Waals surface area (Å²) >= 11 is 1.07. The second-order valence-corrected chi connectivity index (χ2v) is 6.84. The van der Waals surface area contributed by atoms with Crippen molar-refractivity contribution in [3.8, 4) is 5.88 Å². The Kier molecular flexibility index (Phi) is 5.29. The highest BCUT2D eigenvalue weighted by Gasteiger charge is 2.25. The lowest BCUT2D eigenvalue weighted by Crippen LogP contribution is -2.32. The summed E-state index contributed by atoms with van der Waals surface area (Å²) < 4.78 is 14.3. The summed E-state index contributed by atoms with van der Waals surface area (Å²) in [6.45, 7) is 1.83. The van der Waals surface area contributed by atoms with Gasteiger partial charge in [0.25, 0.3) is 5.88 Å². The van der Waals surface area contributed by atoms with Gasteiger partial charge in [-0.3, -0.25) is 0 Å². The van der Waals surface area contributed by atoms with Gasteiger partial charge in [-0.1, -0.05) is 36.4 Å². The molecule has 0 saturated carbocycles. The number of carbonyl (C=O) groups excluding carboxylic acids is 1. The van der Waals surface area contributed by atoms with Crippen LogP contribution in [0.25, 0.3) is 0 Å². The lowest BCUT2D eigenvalue weighted by atomic mass is 10.1. The van der Waals surface area contributed by atoms with Crippen molar-refractivity contribution in [3.63, 3.8) is 0 Å². The van der Waals surface area contributed by atoms with E-state index in [1.807, 2.05) is 60.7 Å². The van der Waals surface area contributed by atoms with Crippen molar-refractivity contribution in [3.05, 3.63) is 60.7 Å². The van der Waals surface area contributed by atoms with Gasteiger partial charge >= 0.3 is 6.09 Å². The third kappa shape index (κ3) is 3.93. The summed E-state index contributed by atoms with van der Waals surface area (Å²) in [6.07, 6.45) is 2.95. The maximum atomic E-state index is 13.1. The zero-order valence-electron chi connectivity index (χ0n) is 14.8. The SMILES string of the molecule is O=C(Oc1nsnc1N1CCCCC1)N(c1ccccc1)c1ccccc1. The van der Waals surface area contributed by atoms with Gasteiger partial charge in [-0.2, -0.15) is 4.37 Å². The van der Waals surface area contributed by atoms with Crippen molar-refractivity contribution >= 4 is 35.0 Å². The van der Waals surface area contributed by atoms with E-state index in [2.05, 4.69) is 13.6 Å². The Bertz CT molecular complexity index is 840. The third-order valence-corrected chi connectivity index (χ3v) is 5.00. The quantitative estimate of drug-likeness (QED) is 0.646. The second kappa shape index (κ2) is 8.18. The van der Waals surface area contributed by atoms with Crippen LogP contribution in [0.4, 0.5) is 22.0 Å². The van der Waals surface area contributed by atoms with E-state index in [-0.39, 0.29) is 5.88 Å². The summed E-state index contributed by atoms with van der Waals surface area (Å²) in [4.78, 5) is 16.8. The zero-order chi connectivity index (χ0) is 18.5. The molecule has 4 rings (SSSR count). The van der Waals surface area contributed by atoms with Gasteiger partial charge in [0.15, 0.2) is 0 Å². The molecule has 2 heterocycles. The first-order valence-electron chi connectivity index (χ1n) is 9.02. The zero-order valence-corrected chi connectivity index (χ0v) is 15.6. The predicted octanol–water partition coefficient (Wildman–Crippen LogP) is 4.87. The summed E-state index contributed by atoms with van der Waals surface area (Å²) in [5.41, 5.74) is 1.47. The fourth-order valence-electron chi connectivity index (χ4n) is 3.18. The van der Waals surface area contributed by atoms with Gasteiger partial charge in [-0.15, -0.1) is 4.37 Å². The summed E-state index contributed by atoms with van der Waals surface area (Å²) in [7, 11) is 0. The van der Waals surface area contributed by atoms with E-state index in [9.17, 15) is 4.79 Å². The van der Waals surface area contributed by atoms with Crippen molar-refractivity contribution in [2.45, 2.75) is 19.3 Å². The average Bonchev–Trinajstić information content (AvgIpc) is 3.18. The number of piperidine rings is 1. The van der Waals surface area contributed by atoms with Crippen molar-refractivity contribution in [2.75, 3.05) is 22.9 Å². The molecule has 1 aliphatic heterocycles. The molecule has 0 atom stereocenters. The van der Waals surface area contributed by atoms with E-state index < -0.39 is 6.09 Å². The molecule has 0 bridgehead atoms. The molecular formula is C20H20N4O2S. The summed E-state index contributed by atoms with van der Waals surface area (Å²) in [5, 5.41) is 0. The maximum Gasteiger partial charge on any atom is 0.425 e. The first-order chi connectivity index (χ1) is 13.3. The van der Waals surface area contributed by atoms with Crippen LogP contribution in [0.3, 0.4) is 0 Å². The van der Waals surface area contributed by atoms with Gasteiger partial charge in [0.1, 0.15) is 0 Å². The van der Waals surface area contributed by atoms with Crippen molar-refractivity contribution < 1.29 is 9.53 Å². The fourth-order valence-corrected chi connectivity index (χ4v) is 3.69. The molecule has 1 amide bonds. The molecule has 6 nitrogen and oxygen atoms in total. The van der Waals surface area contributed by atoms with E-state index >= 15 is 0 Å². The molecule has 1 aromatic heterocycles. The molecule has 0 spiro atoms. The van der Waals surface area contributed by atoms with Crippen LogP contribution < -0.4 is 14.5 Å².